The number of amides is 1. The standard InChI is InChI=1S/C22H36N4O/c1-18(2)9-5-6-14-24-22(23-3)25-17-19-10-12-20(13-11-19)21(27)26-15-7-4-8-16-26/h10-13,18H,4-9,14-17H2,1-3H3,(H2,23,24,25). The number of guanidine groups is 1. The molecule has 1 saturated heterocycles. The third-order valence-electron chi connectivity index (χ3n) is 5.03. The summed E-state index contributed by atoms with van der Waals surface area (Å²) in [5, 5.41) is 6.71. The molecule has 5 heteroatoms. The summed E-state index contributed by atoms with van der Waals surface area (Å²) >= 11 is 0. The molecule has 5 nitrogen and oxygen atoms in total. The lowest BCUT2D eigenvalue weighted by Gasteiger charge is -2.26. The third-order valence-corrected chi connectivity index (χ3v) is 5.03. The van der Waals surface area contributed by atoms with Gasteiger partial charge in [-0.3, -0.25) is 9.79 Å². The van der Waals surface area contributed by atoms with Crippen molar-refractivity contribution < 1.29 is 4.79 Å². The van der Waals surface area contributed by atoms with Crippen LogP contribution in [0.4, 0.5) is 0 Å². The van der Waals surface area contributed by atoms with Gasteiger partial charge in [-0.2, -0.15) is 0 Å². The van der Waals surface area contributed by atoms with E-state index in [-0.39, 0.29) is 5.91 Å². The largest absolute Gasteiger partial charge is 0.356 e. The minimum atomic E-state index is 0.160. The number of benzene rings is 1. The van der Waals surface area contributed by atoms with Crippen LogP contribution in [0, 0.1) is 5.92 Å². The normalized spacial score (nSPS) is 15.1. The number of nitrogens with one attached hydrogen (secondary N) is 2. The van der Waals surface area contributed by atoms with Crippen LogP contribution in [0.15, 0.2) is 29.3 Å². The molecule has 0 saturated carbocycles. The number of aliphatic imine (C=N–C) groups is 1. The molecule has 0 radical (unpaired) electrons. The Morgan fingerprint density at radius 1 is 1.07 bits per heavy atom. The van der Waals surface area contributed by atoms with Crippen molar-refractivity contribution in [1.29, 1.82) is 0 Å². The molecule has 1 heterocycles. The monoisotopic (exact) mass is 372 g/mol. The second-order valence-electron chi connectivity index (χ2n) is 7.79. The Bertz CT molecular complexity index is 589. The number of hydrogen-bond acceptors (Lipinski definition) is 2. The lowest BCUT2D eigenvalue weighted by molar-refractivity contribution is 0.0724. The second-order valence-corrected chi connectivity index (χ2v) is 7.79. The van der Waals surface area contributed by atoms with E-state index >= 15 is 0 Å². The Morgan fingerprint density at radius 3 is 2.41 bits per heavy atom. The Morgan fingerprint density at radius 2 is 1.78 bits per heavy atom. The fourth-order valence-corrected chi connectivity index (χ4v) is 3.34. The minimum Gasteiger partial charge on any atom is -0.356 e. The molecule has 0 aliphatic carbocycles. The Balaban J connectivity index is 1.74. The van der Waals surface area contributed by atoms with Gasteiger partial charge in [0.15, 0.2) is 5.96 Å². The number of piperidine rings is 1. The summed E-state index contributed by atoms with van der Waals surface area (Å²) < 4.78 is 0. The molecule has 1 amide bonds. The minimum absolute atomic E-state index is 0.160. The van der Waals surface area contributed by atoms with Crippen LogP contribution in [0.2, 0.25) is 0 Å². The predicted octanol–water partition coefficient (Wildman–Crippen LogP) is 3.80. The molecule has 1 aromatic rings. The molecule has 1 aliphatic heterocycles. The van der Waals surface area contributed by atoms with Gasteiger partial charge in [-0.05, 0) is 49.3 Å². The van der Waals surface area contributed by atoms with Crippen molar-refractivity contribution in [1.82, 2.24) is 15.5 Å². The van der Waals surface area contributed by atoms with Gasteiger partial charge < -0.3 is 15.5 Å². The summed E-state index contributed by atoms with van der Waals surface area (Å²) in [5.74, 6) is 1.76. The van der Waals surface area contributed by atoms with Crippen molar-refractivity contribution in [3.05, 3.63) is 35.4 Å². The summed E-state index contributed by atoms with van der Waals surface area (Å²) in [6.07, 6.45) is 7.16. The molecular formula is C22H36N4O. The van der Waals surface area contributed by atoms with Crippen LogP contribution < -0.4 is 10.6 Å². The second kappa shape index (κ2) is 11.6. The zero-order valence-electron chi connectivity index (χ0n) is 17.3. The molecule has 0 atom stereocenters. The highest BCUT2D eigenvalue weighted by molar-refractivity contribution is 5.94. The van der Waals surface area contributed by atoms with Crippen molar-refractivity contribution in [3.8, 4) is 0 Å². The molecular weight excluding hydrogens is 336 g/mol. The summed E-state index contributed by atoms with van der Waals surface area (Å²) in [6, 6.07) is 7.94. The first kappa shape index (κ1) is 21.3. The van der Waals surface area contributed by atoms with E-state index in [0.717, 1.165) is 61.9 Å². The highest BCUT2D eigenvalue weighted by Gasteiger charge is 2.17. The Hall–Kier alpha value is -2.04. The van der Waals surface area contributed by atoms with E-state index in [9.17, 15) is 4.79 Å². The third kappa shape index (κ3) is 7.61. The first-order valence-electron chi connectivity index (χ1n) is 10.4. The number of carbonyl (C=O) groups excluding carboxylic acids is 1. The maximum absolute atomic E-state index is 12.5. The van der Waals surface area contributed by atoms with Crippen molar-refractivity contribution in [3.63, 3.8) is 0 Å². The first-order chi connectivity index (χ1) is 13.1. The summed E-state index contributed by atoms with van der Waals surface area (Å²) in [5.41, 5.74) is 1.93. The number of carbonyl (C=O) groups is 1. The number of nitrogens with zero attached hydrogens (tertiary/aromatic N) is 2. The summed E-state index contributed by atoms with van der Waals surface area (Å²) in [4.78, 5) is 18.8. The van der Waals surface area contributed by atoms with Crippen LogP contribution in [0.1, 0.15) is 68.3 Å². The fraction of sp³-hybridized carbons (Fsp3) is 0.636. The molecule has 2 rings (SSSR count). The highest BCUT2D eigenvalue weighted by atomic mass is 16.2. The van der Waals surface area contributed by atoms with E-state index in [1.54, 1.807) is 7.05 Å². The van der Waals surface area contributed by atoms with Gasteiger partial charge in [-0.25, -0.2) is 0 Å². The number of unbranched alkanes of at least 4 members (excludes halogenated alkanes) is 1. The SMILES string of the molecule is CN=C(NCCCCC(C)C)NCc1ccc(C(=O)N2CCCCC2)cc1. The highest BCUT2D eigenvalue weighted by Crippen LogP contribution is 2.14. The van der Waals surface area contributed by atoms with E-state index in [1.807, 2.05) is 29.2 Å². The van der Waals surface area contributed by atoms with Crippen molar-refractivity contribution in [2.75, 3.05) is 26.7 Å². The van der Waals surface area contributed by atoms with Gasteiger partial charge in [0.05, 0.1) is 0 Å². The van der Waals surface area contributed by atoms with Crippen molar-refractivity contribution >= 4 is 11.9 Å². The van der Waals surface area contributed by atoms with Gasteiger partial charge in [-0.15, -0.1) is 0 Å². The van der Waals surface area contributed by atoms with Crippen molar-refractivity contribution in [2.24, 2.45) is 10.9 Å². The first-order valence-corrected chi connectivity index (χ1v) is 10.4. The van der Waals surface area contributed by atoms with Gasteiger partial charge in [0.2, 0.25) is 0 Å². The smallest absolute Gasteiger partial charge is 0.253 e. The van der Waals surface area contributed by atoms with Crippen LogP contribution in [0.25, 0.3) is 0 Å². The zero-order chi connectivity index (χ0) is 19.5. The van der Waals surface area contributed by atoms with E-state index in [0.29, 0.717) is 6.54 Å². The molecule has 2 N–H and O–H groups in total. The molecule has 1 aromatic carbocycles. The van der Waals surface area contributed by atoms with Gasteiger partial charge in [0, 0.05) is 38.8 Å². The molecule has 0 aromatic heterocycles. The maximum atomic E-state index is 12.5. The topological polar surface area (TPSA) is 56.7 Å². The van der Waals surface area contributed by atoms with Gasteiger partial charge in [-0.1, -0.05) is 38.8 Å². The zero-order valence-corrected chi connectivity index (χ0v) is 17.3. The van der Waals surface area contributed by atoms with Crippen LogP contribution in [0.3, 0.4) is 0 Å². The molecule has 0 bridgehead atoms. The number of rotatable bonds is 8. The summed E-state index contributed by atoms with van der Waals surface area (Å²) in [7, 11) is 1.80. The van der Waals surface area contributed by atoms with Gasteiger partial charge in [0.25, 0.3) is 5.91 Å². The maximum Gasteiger partial charge on any atom is 0.253 e. The lowest BCUT2D eigenvalue weighted by atomic mass is 10.1. The number of likely N-dealkylation sites (tertiary alicyclic amines) is 1. The number of hydrogen-bond donors (Lipinski definition) is 2. The Kier molecular flexibility index (Phi) is 9.16. The van der Waals surface area contributed by atoms with Crippen LogP contribution in [0.5, 0.6) is 0 Å². The average molecular weight is 373 g/mol. The molecule has 1 fully saturated rings. The van der Waals surface area contributed by atoms with E-state index in [2.05, 4.69) is 29.5 Å². The Labute approximate surface area is 164 Å². The van der Waals surface area contributed by atoms with E-state index in [1.165, 1.54) is 19.3 Å². The van der Waals surface area contributed by atoms with Gasteiger partial charge >= 0.3 is 0 Å². The summed E-state index contributed by atoms with van der Waals surface area (Å²) in [6.45, 7) is 7.95. The quantitative estimate of drug-likeness (QED) is 0.414. The molecule has 0 unspecified atom stereocenters. The molecule has 150 valence electrons. The van der Waals surface area contributed by atoms with Gasteiger partial charge in [0.1, 0.15) is 0 Å². The van der Waals surface area contributed by atoms with Crippen LogP contribution in [-0.2, 0) is 6.54 Å². The predicted molar refractivity (Wildman–Crippen MR) is 113 cm³/mol. The van der Waals surface area contributed by atoms with E-state index in [4.69, 9.17) is 0 Å². The fourth-order valence-electron chi connectivity index (χ4n) is 3.34. The van der Waals surface area contributed by atoms with E-state index < -0.39 is 0 Å². The van der Waals surface area contributed by atoms with Crippen molar-refractivity contribution in [2.45, 2.75) is 58.9 Å². The molecule has 1 aliphatic rings. The lowest BCUT2D eigenvalue weighted by Crippen LogP contribution is -2.37. The van der Waals surface area contributed by atoms with Crippen LogP contribution in [-0.4, -0.2) is 43.4 Å². The molecule has 27 heavy (non-hydrogen) atoms. The van der Waals surface area contributed by atoms with Crippen LogP contribution >= 0.6 is 0 Å². The molecule has 0 spiro atoms. The average Bonchev–Trinajstić information content (AvgIpc) is 2.70.